The number of hydrogen-bond acceptors (Lipinski definition) is 3. The van der Waals surface area contributed by atoms with Gasteiger partial charge in [0, 0.05) is 45.4 Å². The SMILES string of the molecule is COCCN1CC[C@@H](CNC(=O)N(C)Cc2ccc(Cl)cc2)C1. The molecule has 1 aliphatic rings. The van der Waals surface area contributed by atoms with E-state index in [1.54, 1.807) is 12.0 Å². The summed E-state index contributed by atoms with van der Waals surface area (Å²) < 4.78 is 5.11. The van der Waals surface area contributed by atoms with Crippen LogP contribution in [0.5, 0.6) is 0 Å². The van der Waals surface area contributed by atoms with E-state index in [0.29, 0.717) is 17.5 Å². The van der Waals surface area contributed by atoms with E-state index in [9.17, 15) is 4.79 Å². The number of methoxy groups -OCH3 is 1. The van der Waals surface area contributed by atoms with Crippen LogP contribution in [-0.2, 0) is 11.3 Å². The summed E-state index contributed by atoms with van der Waals surface area (Å²) >= 11 is 5.87. The molecular weight excluding hydrogens is 314 g/mol. The molecule has 5 nitrogen and oxygen atoms in total. The van der Waals surface area contributed by atoms with Gasteiger partial charge in [-0.15, -0.1) is 0 Å². The molecule has 128 valence electrons. The van der Waals surface area contributed by atoms with E-state index in [1.807, 2.05) is 31.3 Å². The van der Waals surface area contributed by atoms with E-state index in [4.69, 9.17) is 16.3 Å². The number of carbonyl (C=O) groups excluding carboxylic acids is 1. The molecule has 2 rings (SSSR count). The first-order chi connectivity index (χ1) is 11.1. The highest BCUT2D eigenvalue weighted by Gasteiger charge is 2.22. The number of halogens is 1. The standard InChI is InChI=1S/C17H26ClN3O2/c1-20(12-14-3-5-16(18)6-4-14)17(22)19-11-15-7-8-21(13-15)9-10-23-2/h3-6,15H,7-13H2,1-2H3,(H,19,22)/t15-/m0/s1. The van der Waals surface area contributed by atoms with Crippen molar-refractivity contribution in [2.45, 2.75) is 13.0 Å². The molecular formula is C17H26ClN3O2. The largest absolute Gasteiger partial charge is 0.383 e. The first-order valence-electron chi connectivity index (χ1n) is 8.03. The molecule has 0 saturated carbocycles. The molecule has 1 atom stereocenters. The molecule has 23 heavy (non-hydrogen) atoms. The number of urea groups is 1. The highest BCUT2D eigenvalue weighted by atomic mass is 35.5. The summed E-state index contributed by atoms with van der Waals surface area (Å²) in [5, 5.41) is 3.74. The predicted molar refractivity (Wildman–Crippen MR) is 92.7 cm³/mol. The topological polar surface area (TPSA) is 44.8 Å². The van der Waals surface area contributed by atoms with Gasteiger partial charge in [0.15, 0.2) is 0 Å². The van der Waals surface area contributed by atoms with Gasteiger partial charge in [-0.25, -0.2) is 4.79 Å². The number of ether oxygens (including phenoxy) is 1. The second-order valence-corrected chi connectivity index (χ2v) is 6.55. The Morgan fingerprint density at radius 2 is 2.17 bits per heavy atom. The monoisotopic (exact) mass is 339 g/mol. The maximum atomic E-state index is 12.2. The fourth-order valence-corrected chi connectivity index (χ4v) is 2.93. The van der Waals surface area contributed by atoms with Crippen LogP contribution < -0.4 is 5.32 Å². The van der Waals surface area contributed by atoms with Gasteiger partial charge in [-0.05, 0) is 36.6 Å². The van der Waals surface area contributed by atoms with Crippen molar-refractivity contribution < 1.29 is 9.53 Å². The van der Waals surface area contributed by atoms with Crippen LogP contribution >= 0.6 is 11.6 Å². The van der Waals surface area contributed by atoms with Crippen LogP contribution in [0.15, 0.2) is 24.3 Å². The number of hydrogen-bond donors (Lipinski definition) is 1. The van der Waals surface area contributed by atoms with Crippen LogP contribution in [0.2, 0.25) is 5.02 Å². The van der Waals surface area contributed by atoms with Gasteiger partial charge < -0.3 is 19.9 Å². The molecule has 1 N–H and O–H groups in total. The molecule has 6 heteroatoms. The first-order valence-corrected chi connectivity index (χ1v) is 8.41. The quantitative estimate of drug-likeness (QED) is 0.830. The Morgan fingerprint density at radius 3 is 2.87 bits per heavy atom. The summed E-state index contributed by atoms with van der Waals surface area (Å²) in [5.74, 6) is 0.528. The fraction of sp³-hybridized carbons (Fsp3) is 0.588. The maximum absolute atomic E-state index is 12.2. The Morgan fingerprint density at radius 1 is 1.43 bits per heavy atom. The first kappa shape index (κ1) is 18.0. The zero-order chi connectivity index (χ0) is 16.7. The molecule has 2 amide bonds. The third kappa shape index (κ3) is 6.01. The van der Waals surface area contributed by atoms with Crippen LogP contribution in [-0.4, -0.2) is 62.8 Å². The third-order valence-corrected chi connectivity index (χ3v) is 4.46. The predicted octanol–water partition coefficient (Wildman–Crippen LogP) is 2.45. The minimum Gasteiger partial charge on any atom is -0.383 e. The van der Waals surface area contributed by atoms with Crippen molar-refractivity contribution >= 4 is 17.6 Å². The van der Waals surface area contributed by atoms with E-state index in [0.717, 1.165) is 44.8 Å². The third-order valence-electron chi connectivity index (χ3n) is 4.20. The fourth-order valence-electron chi connectivity index (χ4n) is 2.81. The van der Waals surface area contributed by atoms with Crippen molar-refractivity contribution in [3.63, 3.8) is 0 Å². The zero-order valence-corrected chi connectivity index (χ0v) is 14.7. The van der Waals surface area contributed by atoms with Crippen molar-refractivity contribution in [2.24, 2.45) is 5.92 Å². The second kappa shape index (κ2) is 9.11. The van der Waals surface area contributed by atoms with Crippen molar-refractivity contribution in [2.75, 3.05) is 46.9 Å². The Kier molecular flexibility index (Phi) is 7.15. The van der Waals surface area contributed by atoms with Gasteiger partial charge in [0.25, 0.3) is 0 Å². The number of benzene rings is 1. The number of rotatable bonds is 7. The lowest BCUT2D eigenvalue weighted by molar-refractivity contribution is 0.158. The minimum atomic E-state index is -0.0321. The van der Waals surface area contributed by atoms with Crippen LogP contribution in [0, 0.1) is 5.92 Å². The summed E-state index contributed by atoms with van der Waals surface area (Å²) in [6.07, 6.45) is 1.13. The number of carbonyl (C=O) groups is 1. The Labute approximate surface area is 143 Å². The van der Waals surface area contributed by atoms with E-state index in [-0.39, 0.29) is 6.03 Å². The van der Waals surface area contributed by atoms with Gasteiger partial charge in [0.1, 0.15) is 0 Å². The van der Waals surface area contributed by atoms with Crippen LogP contribution in [0.4, 0.5) is 4.79 Å². The van der Waals surface area contributed by atoms with Crippen LogP contribution in [0.1, 0.15) is 12.0 Å². The summed E-state index contributed by atoms with van der Waals surface area (Å²) in [5.41, 5.74) is 1.07. The molecule has 0 bridgehead atoms. The molecule has 0 aromatic heterocycles. The maximum Gasteiger partial charge on any atom is 0.317 e. The molecule has 1 fully saturated rings. The van der Waals surface area contributed by atoms with Crippen molar-refractivity contribution in [3.8, 4) is 0 Å². The molecule has 1 saturated heterocycles. The highest BCUT2D eigenvalue weighted by molar-refractivity contribution is 6.30. The molecule has 0 unspecified atom stereocenters. The second-order valence-electron chi connectivity index (χ2n) is 6.12. The van der Waals surface area contributed by atoms with Crippen molar-refractivity contribution in [3.05, 3.63) is 34.9 Å². The molecule has 0 radical (unpaired) electrons. The van der Waals surface area contributed by atoms with E-state index in [1.165, 1.54) is 0 Å². The van der Waals surface area contributed by atoms with Crippen molar-refractivity contribution in [1.82, 2.24) is 15.1 Å². The highest BCUT2D eigenvalue weighted by Crippen LogP contribution is 2.15. The molecule has 1 aromatic rings. The summed E-state index contributed by atoms with van der Waals surface area (Å²) in [4.78, 5) is 16.3. The zero-order valence-electron chi connectivity index (χ0n) is 13.9. The summed E-state index contributed by atoms with van der Waals surface area (Å²) in [6.45, 7) is 5.16. The van der Waals surface area contributed by atoms with Gasteiger partial charge in [0.05, 0.1) is 6.61 Å². The average Bonchev–Trinajstić information content (AvgIpc) is 3.00. The molecule has 1 heterocycles. The Hall–Kier alpha value is -1.30. The number of nitrogens with zero attached hydrogens (tertiary/aromatic N) is 2. The Bertz CT molecular complexity index is 495. The molecule has 0 aliphatic carbocycles. The number of amides is 2. The van der Waals surface area contributed by atoms with Gasteiger partial charge in [-0.2, -0.15) is 0 Å². The van der Waals surface area contributed by atoms with E-state index < -0.39 is 0 Å². The van der Waals surface area contributed by atoms with Gasteiger partial charge >= 0.3 is 6.03 Å². The molecule has 0 spiro atoms. The van der Waals surface area contributed by atoms with Crippen LogP contribution in [0.25, 0.3) is 0 Å². The van der Waals surface area contributed by atoms with Gasteiger partial charge in [0.2, 0.25) is 0 Å². The normalized spacial score (nSPS) is 18.1. The van der Waals surface area contributed by atoms with Crippen molar-refractivity contribution in [1.29, 1.82) is 0 Å². The van der Waals surface area contributed by atoms with Gasteiger partial charge in [-0.1, -0.05) is 23.7 Å². The van der Waals surface area contributed by atoms with Gasteiger partial charge in [-0.3, -0.25) is 0 Å². The number of likely N-dealkylation sites (tertiary alicyclic amines) is 1. The lowest BCUT2D eigenvalue weighted by Crippen LogP contribution is -2.39. The average molecular weight is 340 g/mol. The minimum absolute atomic E-state index is 0.0321. The molecule has 1 aromatic carbocycles. The lowest BCUT2D eigenvalue weighted by Gasteiger charge is -2.20. The smallest absolute Gasteiger partial charge is 0.317 e. The number of nitrogens with one attached hydrogen (secondary N) is 1. The molecule has 1 aliphatic heterocycles. The summed E-state index contributed by atoms with van der Waals surface area (Å²) in [6, 6.07) is 7.54. The Balaban J connectivity index is 1.69. The van der Waals surface area contributed by atoms with Crippen LogP contribution in [0.3, 0.4) is 0 Å². The van der Waals surface area contributed by atoms with E-state index >= 15 is 0 Å². The lowest BCUT2D eigenvalue weighted by atomic mass is 10.1. The van der Waals surface area contributed by atoms with E-state index in [2.05, 4.69) is 10.2 Å². The summed E-state index contributed by atoms with van der Waals surface area (Å²) in [7, 11) is 3.54.